The van der Waals surface area contributed by atoms with E-state index in [4.69, 9.17) is 0 Å². The average Bonchev–Trinajstić information content (AvgIpc) is 2.30. The molecule has 0 heterocycles. The fourth-order valence-electron chi connectivity index (χ4n) is 2.19. The molecule has 17 heavy (non-hydrogen) atoms. The van der Waals surface area contributed by atoms with Crippen LogP contribution in [0.2, 0.25) is 0 Å². The highest BCUT2D eigenvalue weighted by Crippen LogP contribution is 2.32. The first-order valence-electron chi connectivity index (χ1n) is 6.46. The van der Waals surface area contributed by atoms with Gasteiger partial charge in [0.2, 0.25) is 5.91 Å². The second-order valence-corrected chi connectivity index (χ2v) is 5.37. The Morgan fingerprint density at radius 1 is 1.41 bits per heavy atom. The summed E-state index contributed by atoms with van der Waals surface area (Å²) in [5, 5.41) is 12.1. The smallest absolute Gasteiger partial charge is 0.329 e. The van der Waals surface area contributed by atoms with Crippen molar-refractivity contribution in [2.45, 2.75) is 58.4 Å². The molecule has 0 spiro atoms. The lowest BCUT2D eigenvalue weighted by molar-refractivity contribution is -0.150. The summed E-state index contributed by atoms with van der Waals surface area (Å²) in [6.45, 7) is 5.89. The lowest BCUT2D eigenvalue weighted by Crippen LogP contribution is -2.57. The highest BCUT2D eigenvalue weighted by molar-refractivity contribution is 5.88. The summed E-state index contributed by atoms with van der Waals surface area (Å²) >= 11 is 0. The molecular weight excluding hydrogens is 218 g/mol. The summed E-state index contributed by atoms with van der Waals surface area (Å²) in [7, 11) is 0. The Bertz CT molecular complexity index is 293. The molecule has 1 fully saturated rings. The van der Waals surface area contributed by atoms with E-state index >= 15 is 0 Å². The molecule has 0 aromatic rings. The van der Waals surface area contributed by atoms with Crippen LogP contribution in [0.4, 0.5) is 0 Å². The highest BCUT2D eigenvalue weighted by Gasteiger charge is 2.42. The van der Waals surface area contributed by atoms with Crippen molar-refractivity contribution in [2.75, 3.05) is 0 Å². The molecule has 0 aromatic carbocycles. The minimum Gasteiger partial charge on any atom is -0.480 e. The molecule has 1 aliphatic carbocycles. The summed E-state index contributed by atoms with van der Waals surface area (Å²) in [5.74, 6) is -0.584. The minimum atomic E-state index is -1.02. The number of rotatable bonds is 4. The number of carboxylic acids is 1. The van der Waals surface area contributed by atoms with E-state index in [1.807, 2.05) is 13.8 Å². The number of carbonyl (C=O) groups excluding carboxylic acids is 1. The minimum absolute atomic E-state index is 0.120. The van der Waals surface area contributed by atoms with Gasteiger partial charge in [-0.05, 0) is 38.0 Å². The first-order chi connectivity index (χ1) is 7.91. The third kappa shape index (κ3) is 3.20. The second-order valence-electron chi connectivity index (χ2n) is 5.37. The Kier molecular flexibility index (Phi) is 4.54. The summed E-state index contributed by atoms with van der Waals surface area (Å²) in [5.41, 5.74) is -1.02. The average molecular weight is 241 g/mol. The van der Waals surface area contributed by atoms with Crippen molar-refractivity contribution >= 4 is 11.9 Å². The van der Waals surface area contributed by atoms with E-state index in [1.54, 1.807) is 0 Å². The summed E-state index contributed by atoms with van der Waals surface area (Å²) < 4.78 is 0. The van der Waals surface area contributed by atoms with Crippen molar-refractivity contribution in [1.29, 1.82) is 0 Å². The lowest BCUT2D eigenvalue weighted by Gasteiger charge is -2.37. The fourth-order valence-corrected chi connectivity index (χ4v) is 2.19. The van der Waals surface area contributed by atoms with Crippen LogP contribution in [0.3, 0.4) is 0 Å². The number of carboxylic acid groups (broad SMARTS) is 1. The van der Waals surface area contributed by atoms with Crippen molar-refractivity contribution < 1.29 is 14.7 Å². The van der Waals surface area contributed by atoms with Crippen molar-refractivity contribution in [2.24, 2.45) is 11.8 Å². The number of hydrogen-bond acceptors (Lipinski definition) is 2. The maximum Gasteiger partial charge on any atom is 0.329 e. The predicted octanol–water partition coefficient (Wildman–Crippen LogP) is 2.18. The van der Waals surface area contributed by atoms with E-state index in [0.717, 1.165) is 19.3 Å². The van der Waals surface area contributed by atoms with Crippen LogP contribution in [0, 0.1) is 11.8 Å². The third-order valence-electron chi connectivity index (χ3n) is 3.96. The molecule has 1 aliphatic rings. The summed E-state index contributed by atoms with van der Waals surface area (Å²) in [6, 6.07) is 0. The molecule has 1 saturated carbocycles. The topological polar surface area (TPSA) is 66.4 Å². The SMILES string of the molecule is CCC(C)C(=O)NC1(C(=O)O)CCC(C)CC1. The van der Waals surface area contributed by atoms with Crippen molar-refractivity contribution in [3.05, 3.63) is 0 Å². The largest absolute Gasteiger partial charge is 0.480 e. The van der Waals surface area contributed by atoms with Gasteiger partial charge in [0.15, 0.2) is 0 Å². The van der Waals surface area contributed by atoms with Gasteiger partial charge in [0.05, 0.1) is 0 Å². The molecule has 1 amide bonds. The Hall–Kier alpha value is -1.06. The monoisotopic (exact) mass is 241 g/mol. The summed E-state index contributed by atoms with van der Waals surface area (Å²) in [6.07, 6.45) is 3.56. The van der Waals surface area contributed by atoms with Gasteiger partial charge in [-0.1, -0.05) is 20.8 Å². The number of nitrogens with one attached hydrogen (secondary N) is 1. The van der Waals surface area contributed by atoms with E-state index in [9.17, 15) is 14.7 Å². The van der Waals surface area contributed by atoms with Crippen LogP contribution in [0.25, 0.3) is 0 Å². The van der Waals surface area contributed by atoms with Gasteiger partial charge in [-0.25, -0.2) is 4.79 Å². The standard InChI is InChI=1S/C13H23NO3/c1-4-10(3)11(15)14-13(12(16)17)7-5-9(2)6-8-13/h9-10H,4-8H2,1-3H3,(H,14,15)(H,16,17). The van der Waals surface area contributed by atoms with E-state index < -0.39 is 11.5 Å². The second kappa shape index (κ2) is 5.52. The van der Waals surface area contributed by atoms with Gasteiger partial charge < -0.3 is 10.4 Å². The molecular formula is C13H23NO3. The van der Waals surface area contributed by atoms with Crippen LogP contribution in [0.1, 0.15) is 52.9 Å². The van der Waals surface area contributed by atoms with Gasteiger partial charge in [-0.3, -0.25) is 4.79 Å². The molecule has 4 nitrogen and oxygen atoms in total. The molecule has 0 saturated heterocycles. The van der Waals surface area contributed by atoms with E-state index in [-0.39, 0.29) is 11.8 Å². The number of aliphatic carboxylic acids is 1. The molecule has 1 rings (SSSR count). The Balaban J connectivity index is 2.73. The molecule has 1 unspecified atom stereocenters. The predicted molar refractivity (Wildman–Crippen MR) is 65.6 cm³/mol. The normalized spacial score (nSPS) is 30.6. The Labute approximate surface area is 103 Å². The molecule has 1 atom stereocenters. The Morgan fingerprint density at radius 2 is 1.94 bits per heavy atom. The van der Waals surface area contributed by atoms with Crippen LogP contribution in [0.15, 0.2) is 0 Å². The third-order valence-corrected chi connectivity index (χ3v) is 3.96. The lowest BCUT2D eigenvalue weighted by atomic mass is 9.77. The molecule has 0 bridgehead atoms. The number of hydrogen-bond donors (Lipinski definition) is 2. The van der Waals surface area contributed by atoms with E-state index in [1.165, 1.54) is 0 Å². The molecule has 2 N–H and O–H groups in total. The van der Waals surface area contributed by atoms with E-state index in [2.05, 4.69) is 12.2 Å². The van der Waals surface area contributed by atoms with Gasteiger partial charge in [0.1, 0.15) is 5.54 Å². The molecule has 98 valence electrons. The highest BCUT2D eigenvalue weighted by atomic mass is 16.4. The van der Waals surface area contributed by atoms with E-state index in [0.29, 0.717) is 18.8 Å². The molecule has 0 aliphatic heterocycles. The maximum absolute atomic E-state index is 11.9. The zero-order chi connectivity index (χ0) is 13.1. The van der Waals surface area contributed by atoms with Gasteiger partial charge in [0, 0.05) is 5.92 Å². The quantitative estimate of drug-likeness (QED) is 0.792. The zero-order valence-corrected chi connectivity index (χ0v) is 11.0. The maximum atomic E-state index is 11.9. The van der Waals surface area contributed by atoms with Gasteiger partial charge >= 0.3 is 5.97 Å². The van der Waals surface area contributed by atoms with Crippen molar-refractivity contribution in [3.63, 3.8) is 0 Å². The van der Waals surface area contributed by atoms with Crippen LogP contribution in [0.5, 0.6) is 0 Å². The van der Waals surface area contributed by atoms with Crippen LogP contribution >= 0.6 is 0 Å². The van der Waals surface area contributed by atoms with Crippen molar-refractivity contribution in [1.82, 2.24) is 5.32 Å². The first kappa shape index (κ1) is 14.0. The Morgan fingerprint density at radius 3 is 2.35 bits per heavy atom. The van der Waals surface area contributed by atoms with Gasteiger partial charge in [-0.2, -0.15) is 0 Å². The van der Waals surface area contributed by atoms with Crippen LogP contribution < -0.4 is 5.32 Å². The zero-order valence-electron chi connectivity index (χ0n) is 11.0. The van der Waals surface area contributed by atoms with Crippen LogP contribution in [-0.2, 0) is 9.59 Å². The molecule has 4 heteroatoms. The summed E-state index contributed by atoms with van der Waals surface area (Å²) in [4.78, 5) is 23.3. The number of carbonyl (C=O) groups is 2. The fraction of sp³-hybridized carbons (Fsp3) is 0.846. The molecule has 0 aromatic heterocycles. The van der Waals surface area contributed by atoms with Crippen molar-refractivity contribution in [3.8, 4) is 0 Å². The van der Waals surface area contributed by atoms with Gasteiger partial charge in [0.25, 0.3) is 0 Å². The van der Waals surface area contributed by atoms with Gasteiger partial charge in [-0.15, -0.1) is 0 Å². The molecule has 0 radical (unpaired) electrons. The van der Waals surface area contributed by atoms with Crippen LogP contribution in [-0.4, -0.2) is 22.5 Å². The number of amides is 1. The first-order valence-corrected chi connectivity index (χ1v) is 6.46.